The smallest absolute Gasteiger partial charge is 0.309 e. The van der Waals surface area contributed by atoms with E-state index in [-0.39, 0.29) is 5.92 Å². The normalized spacial score (nSPS) is 14.9. The Bertz CT molecular complexity index is 1070. The first-order valence-electron chi connectivity index (χ1n) is 13.6. The Morgan fingerprint density at radius 1 is 1.29 bits per heavy atom. The quantitative estimate of drug-likeness (QED) is 0.287. The molecule has 1 aromatic carbocycles. The number of pyridine rings is 1. The van der Waals surface area contributed by atoms with Gasteiger partial charge in [0.05, 0.1) is 5.41 Å². The number of nitrogens with zero attached hydrogens (tertiary/aromatic N) is 3. The third kappa shape index (κ3) is 8.74. The second kappa shape index (κ2) is 14.7. The minimum absolute atomic E-state index is 0.212. The first kappa shape index (κ1) is 31.1. The van der Waals surface area contributed by atoms with Gasteiger partial charge in [0.25, 0.3) is 0 Å². The molecule has 0 amide bonds. The highest BCUT2D eigenvalue weighted by Crippen LogP contribution is 2.40. The van der Waals surface area contributed by atoms with E-state index in [1.807, 2.05) is 19.1 Å². The lowest BCUT2D eigenvalue weighted by Crippen LogP contribution is -2.32. The van der Waals surface area contributed by atoms with Crippen LogP contribution in [0.15, 0.2) is 48.4 Å². The molecule has 3 rings (SSSR count). The van der Waals surface area contributed by atoms with Crippen molar-refractivity contribution in [1.82, 2.24) is 14.9 Å². The van der Waals surface area contributed by atoms with Crippen molar-refractivity contribution in [2.45, 2.75) is 79.8 Å². The number of carboxylic acids is 1. The number of benzene rings is 1. The maximum Gasteiger partial charge on any atom is 0.309 e. The molecule has 2 heterocycles. The van der Waals surface area contributed by atoms with Gasteiger partial charge in [-0.05, 0) is 69.2 Å². The third-order valence-corrected chi connectivity index (χ3v) is 6.90. The number of hydrogen-bond donors (Lipinski definition) is 3. The van der Waals surface area contributed by atoms with Crippen LogP contribution in [0.1, 0.15) is 82.1 Å². The molecule has 0 saturated carbocycles. The number of carbonyl (C=O) groups is 1. The zero-order valence-electron chi connectivity index (χ0n) is 24.0. The summed E-state index contributed by atoms with van der Waals surface area (Å²) in [5, 5.41) is 11.6. The number of carboxylic acid groups (broad SMARTS) is 1. The maximum absolute atomic E-state index is 12.2. The van der Waals surface area contributed by atoms with E-state index >= 15 is 0 Å². The highest BCUT2D eigenvalue weighted by molar-refractivity contribution is 5.75. The van der Waals surface area contributed by atoms with Gasteiger partial charge in [-0.3, -0.25) is 9.69 Å². The van der Waals surface area contributed by atoms with Crippen LogP contribution in [-0.2, 0) is 17.9 Å². The number of hydrazine groups is 1. The van der Waals surface area contributed by atoms with Crippen LogP contribution in [0.2, 0.25) is 0 Å². The average molecular weight is 526 g/mol. The lowest BCUT2D eigenvalue weighted by Gasteiger charge is -2.32. The van der Waals surface area contributed by atoms with E-state index in [4.69, 9.17) is 16.3 Å². The van der Waals surface area contributed by atoms with Crippen molar-refractivity contribution in [3.05, 3.63) is 70.7 Å². The number of ether oxygens (including phenoxy) is 1. The summed E-state index contributed by atoms with van der Waals surface area (Å²) in [6.07, 6.45) is 5.89. The number of allylic oxidation sites excluding steroid dienone is 1. The Kier molecular flexibility index (Phi) is 12.1. The molecule has 1 atom stereocenters. The molecule has 0 fully saturated rings. The molecule has 210 valence electrons. The van der Waals surface area contributed by atoms with E-state index in [0.717, 1.165) is 30.8 Å². The summed E-state index contributed by atoms with van der Waals surface area (Å²) in [5.74, 6) is 5.52. The minimum atomic E-state index is -0.957. The Morgan fingerprint density at radius 3 is 2.66 bits per heavy atom. The number of aryl methyl sites for hydroxylation is 1. The van der Waals surface area contributed by atoms with Crippen LogP contribution in [0.3, 0.4) is 0 Å². The predicted octanol–water partition coefficient (Wildman–Crippen LogP) is 5.17. The molecule has 0 saturated heterocycles. The van der Waals surface area contributed by atoms with Crippen LogP contribution in [0, 0.1) is 12.3 Å². The van der Waals surface area contributed by atoms with Crippen LogP contribution >= 0.6 is 0 Å². The molecule has 2 aromatic rings. The van der Waals surface area contributed by atoms with Gasteiger partial charge < -0.3 is 20.6 Å². The number of nitrogens with two attached hydrogens (primary N) is 2. The lowest BCUT2D eigenvalue weighted by molar-refractivity contribution is -0.148. The van der Waals surface area contributed by atoms with Crippen molar-refractivity contribution in [2.75, 3.05) is 19.7 Å². The van der Waals surface area contributed by atoms with Crippen molar-refractivity contribution in [3.63, 3.8) is 0 Å². The summed E-state index contributed by atoms with van der Waals surface area (Å²) in [5.41, 5.74) is 10.3. The van der Waals surface area contributed by atoms with Gasteiger partial charge in [-0.2, -0.15) is 0 Å². The number of fused-ring (bicyclic) bond motifs is 1. The molecule has 0 aliphatic carbocycles. The van der Waals surface area contributed by atoms with Crippen LogP contribution in [0.25, 0.3) is 0 Å². The van der Waals surface area contributed by atoms with Gasteiger partial charge in [0.1, 0.15) is 6.61 Å². The molecule has 5 N–H and O–H groups in total. The Balaban J connectivity index is 0.00000161. The first-order valence-corrected chi connectivity index (χ1v) is 13.6. The standard InChI is InChI=1S/C27H39N5O3.C3H8/c1-5-32(29)18-23(28)10-11-24(27(3,4)26(33)34)20-9-8-19(2)22(15-20)17-31-13-14-35-25-21(16-31)7-6-12-30-25;1-3-2/h6-9,12,15,18,24H,5,10-11,13-14,16-17,28-29H2,1-4H3,(H,33,34);3H2,1-2H3/b23-18-;. The average Bonchev–Trinajstić information content (AvgIpc) is 3.07. The molecule has 1 aliphatic heterocycles. The monoisotopic (exact) mass is 525 g/mol. The number of hydrogen-bond acceptors (Lipinski definition) is 7. The van der Waals surface area contributed by atoms with Crippen LogP contribution < -0.4 is 16.3 Å². The molecule has 8 nitrogen and oxygen atoms in total. The Morgan fingerprint density at radius 2 is 2.00 bits per heavy atom. The van der Waals surface area contributed by atoms with Crippen molar-refractivity contribution in [3.8, 4) is 5.88 Å². The molecular weight excluding hydrogens is 478 g/mol. The molecule has 1 unspecified atom stereocenters. The topological polar surface area (TPSA) is 118 Å². The number of rotatable bonds is 10. The van der Waals surface area contributed by atoms with E-state index in [0.29, 0.717) is 37.6 Å². The van der Waals surface area contributed by atoms with Crippen molar-refractivity contribution >= 4 is 5.97 Å². The van der Waals surface area contributed by atoms with Gasteiger partial charge in [0.2, 0.25) is 5.88 Å². The van der Waals surface area contributed by atoms with E-state index in [9.17, 15) is 9.90 Å². The number of aromatic nitrogens is 1. The molecule has 1 aliphatic rings. The lowest BCUT2D eigenvalue weighted by atomic mass is 9.72. The SMILES string of the molecule is CCC.CCN(N)/C=C(\N)CCC(c1ccc(C)c(CN2CCOc3ncccc3C2)c1)C(C)(C)C(=O)O. The zero-order chi connectivity index (χ0) is 28.3. The van der Waals surface area contributed by atoms with E-state index < -0.39 is 11.4 Å². The summed E-state index contributed by atoms with van der Waals surface area (Å²) in [7, 11) is 0. The zero-order valence-corrected chi connectivity index (χ0v) is 24.0. The van der Waals surface area contributed by atoms with Gasteiger partial charge in [-0.15, -0.1) is 0 Å². The highest BCUT2D eigenvalue weighted by atomic mass is 16.5. The van der Waals surface area contributed by atoms with E-state index in [1.54, 1.807) is 26.2 Å². The fourth-order valence-electron chi connectivity index (χ4n) is 4.49. The van der Waals surface area contributed by atoms with Crippen LogP contribution in [-0.4, -0.2) is 45.7 Å². The fraction of sp³-hybridized carbons (Fsp3) is 0.533. The van der Waals surface area contributed by atoms with Crippen molar-refractivity contribution < 1.29 is 14.6 Å². The van der Waals surface area contributed by atoms with Gasteiger partial charge in [0, 0.05) is 49.8 Å². The molecule has 38 heavy (non-hydrogen) atoms. The minimum Gasteiger partial charge on any atom is -0.481 e. The van der Waals surface area contributed by atoms with Crippen LogP contribution in [0.4, 0.5) is 0 Å². The fourth-order valence-corrected chi connectivity index (χ4v) is 4.49. The summed E-state index contributed by atoms with van der Waals surface area (Å²) in [4.78, 5) is 18.9. The van der Waals surface area contributed by atoms with E-state index in [1.165, 1.54) is 22.6 Å². The largest absolute Gasteiger partial charge is 0.481 e. The maximum atomic E-state index is 12.2. The van der Waals surface area contributed by atoms with Gasteiger partial charge >= 0.3 is 5.97 Å². The van der Waals surface area contributed by atoms with Crippen molar-refractivity contribution in [2.24, 2.45) is 17.0 Å². The van der Waals surface area contributed by atoms with Gasteiger partial charge in [0.15, 0.2) is 0 Å². The number of aliphatic carboxylic acids is 1. The Labute approximate surface area is 228 Å². The summed E-state index contributed by atoms with van der Waals surface area (Å²) >= 11 is 0. The second-order valence-electron chi connectivity index (χ2n) is 10.6. The molecule has 0 bridgehead atoms. The van der Waals surface area contributed by atoms with Crippen LogP contribution in [0.5, 0.6) is 5.88 Å². The molecular formula is C30H47N5O3. The Hall–Kier alpha value is -3.10. The molecule has 8 heteroatoms. The summed E-state index contributed by atoms with van der Waals surface area (Å²) in [6, 6.07) is 10.3. The predicted molar refractivity (Wildman–Crippen MR) is 153 cm³/mol. The second-order valence-corrected chi connectivity index (χ2v) is 10.6. The molecule has 0 radical (unpaired) electrons. The van der Waals surface area contributed by atoms with Gasteiger partial charge in [-0.25, -0.2) is 10.8 Å². The molecule has 0 spiro atoms. The van der Waals surface area contributed by atoms with E-state index in [2.05, 4.69) is 48.9 Å². The van der Waals surface area contributed by atoms with Crippen molar-refractivity contribution in [1.29, 1.82) is 0 Å². The highest BCUT2D eigenvalue weighted by Gasteiger charge is 2.37. The third-order valence-electron chi connectivity index (χ3n) is 6.90. The first-order chi connectivity index (χ1) is 18.0. The summed E-state index contributed by atoms with van der Waals surface area (Å²) < 4.78 is 5.82. The van der Waals surface area contributed by atoms with Gasteiger partial charge in [-0.1, -0.05) is 44.5 Å². The summed E-state index contributed by atoms with van der Waals surface area (Å²) in [6.45, 7) is 15.4. The molecule has 1 aromatic heterocycles.